The number of benzene rings is 2. The molecule has 1 aromatic heterocycles. The normalized spacial score (nSPS) is 11.1. The Labute approximate surface area is 204 Å². The highest BCUT2D eigenvalue weighted by molar-refractivity contribution is 6.31. The number of furan rings is 1. The summed E-state index contributed by atoms with van der Waals surface area (Å²) in [4.78, 5) is 23.0. The summed E-state index contributed by atoms with van der Waals surface area (Å²) < 4.78 is 41.2. The first-order valence-electron chi connectivity index (χ1n) is 10.6. The van der Waals surface area contributed by atoms with E-state index in [0.717, 1.165) is 23.3 Å². The number of halogens is 3. The van der Waals surface area contributed by atoms with E-state index in [1.807, 2.05) is 32.9 Å². The molecule has 0 saturated heterocycles. The number of nitrogens with zero attached hydrogens (tertiary/aromatic N) is 1. The molecule has 35 heavy (non-hydrogen) atoms. The number of anilines is 1. The molecule has 186 valence electrons. The molecule has 0 aliphatic heterocycles. The smallest absolute Gasteiger partial charge is 0.291 e. The third kappa shape index (κ3) is 6.92. The summed E-state index contributed by atoms with van der Waals surface area (Å²) >= 11 is 6.22. The van der Waals surface area contributed by atoms with E-state index in [0.29, 0.717) is 16.5 Å². The lowest BCUT2D eigenvalue weighted by atomic mass is 10.0. The van der Waals surface area contributed by atoms with E-state index in [9.17, 15) is 23.7 Å². The highest BCUT2D eigenvalue weighted by Crippen LogP contribution is 2.33. The van der Waals surface area contributed by atoms with Gasteiger partial charge in [0, 0.05) is 17.2 Å². The van der Waals surface area contributed by atoms with Gasteiger partial charge in [-0.05, 0) is 48.2 Å². The molecule has 0 aliphatic rings. The van der Waals surface area contributed by atoms with Crippen LogP contribution in [0, 0.1) is 17.0 Å². The van der Waals surface area contributed by atoms with E-state index in [1.165, 1.54) is 12.1 Å². The van der Waals surface area contributed by atoms with Crippen LogP contribution in [0.3, 0.4) is 0 Å². The van der Waals surface area contributed by atoms with Gasteiger partial charge in [-0.25, -0.2) is 8.78 Å². The number of carbonyl (C=O) groups is 1. The Morgan fingerprint density at radius 1 is 1.17 bits per heavy atom. The first-order valence-corrected chi connectivity index (χ1v) is 10.9. The lowest BCUT2D eigenvalue weighted by molar-refractivity contribution is -0.384. The van der Waals surface area contributed by atoms with Crippen molar-refractivity contribution in [1.82, 2.24) is 0 Å². The van der Waals surface area contributed by atoms with Gasteiger partial charge >= 0.3 is 0 Å². The molecule has 11 heteroatoms. The second kappa shape index (κ2) is 11.2. The van der Waals surface area contributed by atoms with Crippen molar-refractivity contribution in [3.63, 3.8) is 0 Å². The number of nitro groups is 1. The van der Waals surface area contributed by atoms with Crippen LogP contribution in [-0.4, -0.2) is 23.9 Å². The lowest BCUT2D eigenvalue weighted by Crippen LogP contribution is -2.12. The number of nitrogens with one attached hydrogen (secondary N) is 1. The zero-order valence-electron chi connectivity index (χ0n) is 19.1. The zero-order valence-corrected chi connectivity index (χ0v) is 19.9. The molecule has 0 bridgehead atoms. The summed E-state index contributed by atoms with van der Waals surface area (Å²) in [5.74, 6) is 0.256. The van der Waals surface area contributed by atoms with Gasteiger partial charge in [-0.2, -0.15) is 0 Å². The number of carbonyl (C=O) groups excluding carboxylic acids is 1. The molecule has 1 N–H and O–H groups in total. The van der Waals surface area contributed by atoms with Crippen molar-refractivity contribution in [3.05, 3.63) is 80.2 Å². The minimum Gasteiger partial charge on any atom is -0.487 e. The van der Waals surface area contributed by atoms with Crippen LogP contribution in [-0.2, 0) is 6.61 Å². The molecule has 3 aromatic rings. The van der Waals surface area contributed by atoms with Crippen LogP contribution in [0.25, 0.3) is 0 Å². The van der Waals surface area contributed by atoms with Gasteiger partial charge in [0.05, 0.1) is 16.7 Å². The Morgan fingerprint density at radius 2 is 1.91 bits per heavy atom. The van der Waals surface area contributed by atoms with Gasteiger partial charge in [0.2, 0.25) is 0 Å². The number of nitro benzene ring substituents is 1. The Balaban J connectivity index is 1.71. The van der Waals surface area contributed by atoms with Crippen LogP contribution in [0.1, 0.15) is 47.2 Å². The number of hydrogen-bond acceptors (Lipinski definition) is 6. The van der Waals surface area contributed by atoms with Crippen LogP contribution >= 0.6 is 11.6 Å². The second-order valence-corrected chi connectivity index (χ2v) is 8.38. The van der Waals surface area contributed by atoms with Crippen LogP contribution in [0.15, 0.2) is 46.9 Å². The Bertz CT molecular complexity index is 1230. The molecule has 0 saturated carbocycles. The topological polar surface area (TPSA) is 104 Å². The van der Waals surface area contributed by atoms with E-state index in [2.05, 4.69) is 5.32 Å². The quantitative estimate of drug-likeness (QED) is 0.240. The molecule has 3 rings (SSSR count). The average Bonchev–Trinajstić information content (AvgIpc) is 3.27. The molecule has 8 nitrogen and oxygen atoms in total. The average molecular weight is 509 g/mol. The summed E-state index contributed by atoms with van der Waals surface area (Å²) in [5, 5.41) is 14.2. The van der Waals surface area contributed by atoms with Gasteiger partial charge in [0.25, 0.3) is 18.0 Å². The third-order valence-electron chi connectivity index (χ3n) is 4.90. The van der Waals surface area contributed by atoms with Crippen LogP contribution in [0.5, 0.6) is 11.5 Å². The molecule has 0 aliphatic carbocycles. The largest absolute Gasteiger partial charge is 0.487 e. The van der Waals surface area contributed by atoms with Crippen molar-refractivity contribution in [1.29, 1.82) is 0 Å². The predicted octanol–water partition coefficient (Wildman–Crippen LogP) is 6.75. The summed E-state index contributed by atoms with van der Waals surface area (Å²) in [6, 6.07) is 9.96. The van der Waals surface area contributed by atoms with Gasteiger partial charge in [-0.1, -0.05) is 25.4 Å². The van der Waals surface area contributed by atoms with Gasteiger partial charge in [-0.3, -0.25) is 14.9 Å². The van der Waals surface area contributed by atoms with Crippen LogP contribution < -0.4 is 14.8 Å². The van der Waals surface area contributed by atoms with Crippen molar-refractivity contribution in [2.24, 2.45) is 0 Å². The molecular weight excluding hydrogens is 486 g/mol. The number of rotatable bonds is 10. The number of ether oxygens (including phenoxy) is 2. The number of aryl methyl sites for hydroxylation is 1. The Morgan fingerprint density at radius 3 is 2.57 bits per heavy atom. The fraction of sp³-hybridized carbons (Fsp3) is 0.292. The van der Waals surface area contributed by atoms with E-state index in [1.54, 1.807) is 6.07 Å². The Hall–Kier alpha value is -3.66. The van der Waals surface area contributed by atoms with Gasteiger partial charge in [0.15, 0.2) is 5.76 Å². The number of amides is 1. The Kier molecular flexibility index (Phi) is 8.29. The molecule has 0 unspecified atom stereocenters. The van der Waals surface area contributed by atoms with E-state index in [-0.39, 0.29) is 29.7 Å². The summed E-state index contributed by atoms with van der Waals surface area (Å²) in [5.41, 5.74) is 1.35. The molecule has 1 heterocycles. The maximum Gasteiger partial charge on any atom is 0.291 e. The van der Waals surface area contributed by atoms with Crippen molar-refractivity contribution in [2.75, 3.05) is 11.9 Å². The first-order chi connectivity index (χ1) is 16.5. The fourth-order valence-corrected chi connectivity index (χ4v) is 3.34. The number of hydrogen-bond donors (Lipinski definition) is 1. The maximum atomic E-state index is 12.6. The molecule has 2 aromatic carbocycles. The minimum absolute atomic E-state index is 0.0131. The van der Waals surface area contributed by atoms with Gasteiger partial charge < -0.3 is 19.2 Å². The number of alkyl halides is 2. The summed E-state index contributed by atoms with van der Waals surface area (Å²) in [7, 11) is 0. The van der Waals surface area contributed by atoms with Gasteiger partial charge in [-0.15, -0.1) is 0 Å². The second-order valence-electron chi connectivity index (χ2n) is 7.98. The van der Waals surface area contributed by atoms with Crippen LogP contribution in [0.2, 0.25) is 5.02 Å². The van der Waals surface area contributed by atoms with E-state index >= 15 is 0 Å². The molecule has 0 atom stereocenters. The highest BCUT2D eigenvalue weighted by Gasteiger charge is 2.17. The van der Waals surface area contributed by atoms with E-state index in [4.69, 9.17) is 25.5 Å². The van der Waals surface area contributed by atoms with Crippen molar-refractivity contribution in [2.45, 2.75) is 39.7 Å². The maximum absolute atomic E-state index is 12.6. The molecular formula is C24H23ClF2N2O6. The van der Waals surface area contributed by atoms with Gasteiger partial charge in [0.1, 0.15) is 30.5 Å². The zero-order chi connectivity index (χ0) is 25.7. The minimum atomic E-state index is -2.76. The lowest BCUT2D eigenvalue weighted by Gasteiger charge is -2.15. The molecule has 1 amide bonds. The van der Waals surface area contributed by atoms with E-state index < -0.39 is 29.6 Å². The molecule has 0 fully saturated rings. The predicted molar refractivity (Wildman–Crippen MR) is 126 cm³/mol. The van der Waals surface area contributed by atoms with Crippen LogP contribution in [0.4, 0.5) is 20.2 Å². The third-order valence-corrected chi connectivity index (χ3v) is 5.31. The highest BCUT2D eigenvalue weighted by atomic mass is 35.5. The fourth-order valence-electron chi connectivity index (χ4n) is 3.17. The summed E-state index contributed by atoms with van der Waals surface area (Å²) in [6.45, 7) is 5.01. The van der Waals surface area contributed by atoms with Crippen molar-refractivity contribution >= 4 is 28.9 Å². The van der Waals surface area contributed by atoms with Crippen molar-refractivity contribution < 1.29 is 32.4 Å². The standard InChI is InChI=1S/C24H23ClF2N2O6/c1-13(2)19-10-20(25)14(3)6-22(19)34-11-17-4-5-21(35-17)24(30)28-15-7-16(29(31)32)9-18(8-15)33-12-23(26)27/h4-10,13,23H,11-12H2,1-3H3,(H,28,30). The monoisotopic (exact) mass is 508 g/mol. The molecule has 0 radical (unpaired) electrons. The van der Waals surface area contributed by atoms with Crippen molar-refractivity contribution in [3.8, 4) is 11.5 Å². The first kappa shape index (κ1) is 26.0. The molecule has 0 spiro atoms. The summed E-state index contributed by atoms with van der Waals surface area (Å²) in [6.07, 6.45) is -2.76. The SMILES string of the molecule is Cc1cc(OCc2ccc(C(=O)Nc3cc(OCC(F)F)cc([N+](=O)[O-])c3)o2)c(C(C)C)cc1Cl. The number of non-ortho nitro benzene ring substituents is 1.